The minimum absolute atomic E-state index is 0.313. The van der Waals surface area contributed by atoms with E-state index in [1.807, 2.05) is 0 Å². The van der Waals surface area contributed by atoms with Crippen molar-refractivity contribution in [3.05, 3.63) is 59.0 Å². The monoisotopic (exact) mass is 384 g/mol. The van der Waals surface area contributed by atoms with Gasteiger partial charge in [0.15, 0.2) is 5.69 Å². The maximum Gasteiger partial charge on any atom is 0.278 e. The first-order valence-corrected chi connectivity index (χ1v) is 9.17. The number of carbonyl (C=O) groups excluding carboxylic acids is 1. The quantitative estimate of drug-likeness (QED) is 0.729. The zero-order valence-corrected chi connectivity index (χ0v) is 15.7. The number of hydrogen-bond donors (Lipinski definition) is 1. The van der Waals surface area contributed by atoms with Gasteiger partial charge in [-0.3, -0.25) is 9.48 Å². The Labute approximate surface area is 161 Å². The van der Waals surface area contributed by atoms with Gasteiger partial charge in [-0.1, -0.05) is 12.1 Å². The lowest BCUT2D eigenvalue weighted by molar-refractivity contribution is 0.101. The van der Waals surface area contributed by atoms with Crippen molar-refractivity contribution in [3.63, 3.8) is 0 Å². The number of amides is 1. The van der Waals surface area contributed by atoms with Gasteiger partial charge in [-0.2, -0.15) is 5.10 Å². The first-order valence-electron chi connectivity index (χ1n) is 9.17. The molecular formula is C20H21FN4O3. The summed E-state index contributed by atoms with van der Waals surface area (Å²) >= 11 is 0. The number of fused-ring (bicyclic) bond motifs is 1. The molecule has 146 valence electrons. The van der Waals surface area contributed by atoms with Crippen molar-refractivity contribution in [1.82, 2.24) is 14.9 Å². The smallest absolute Gasteiger partial charge is 0.278 e. The van der Waals surface area contributed by atoms with Gasteiger partial charge in [0.2, 0.25) is 0 Å². The number of aromatic nitrogens is 3. The van der Waals surface area contributed by atoms with Crippen LogP contribution in [-0.4, -0.2) is 28.0 Å². The van der Waals surface area contributed by atoms with Gasteiger partial charge in [0.05, 0.1) is 25.5 Å². The highest BCUT2D eigenvalue weighted by Gasteiger charge is 2.27. The lowest BCUT2D eigenvalue weighted by atomic mass is 9.88. The van der Waals surface area contributed by atoms with Crippen molar-refractivity contribution in [2.24, 2.45) is 5.92 Å². The van der Waals surface area contributed by atoms with E-state index < -0.39 is 0 Å². The largest absolute Gasteiger partial charge is 0.496 e. The molecule has 0 saturated heterocycles. The Morgan fingerprint density at radius 1 is 1.46 bits per heavy atom. The molecule has 2 heterocycles. The number of benzene rings is 1. The number of rotatable bonds is 5. The Balaban J connectivity index is 1.48. The van der Waals surface area contributed by atoms with Crippen LogP contribution >= 0.6 is 0 Å². The summed E-state index contributed by atoms with van der Waals surface area (Å²) in [5.41, 5.74) is 2.42. The van der Waals surface area contributed by atoms with Crippen LogP contribution in [-0.2, 0) is 19.4 Å². The molecule has 0 saturated carbocycles. The van der Waals surface area contributed by atoms with E-state index in [4.69, 9.17) is 9.26 Å². The summed E-state index contributed by atoms with van der Waals surface area (Å²) in [4.78, 5) is 12.6. The Morgan fingerprint density at radius 3 is 3.14 bits per heavy atom. The van der Waals surface area contributed by atoms with Gasteiger partial charge in [-0.15, -0.1) is 0 Å². The predicted octanol–water partition coefficient (Wildman–Crippen LogP) is 3.44. The van der Waals surface area contributed by atoms with E-state index in [2.05, 4.69) is 22.5 Å². The summed E-state index contributed by atoms with van der Waals surface area (Å²) in [6.07, 6.45) is 5.86. The number of ether oxygens (including phenoxy) is 1. The SMILES string of the molecule is COc1ccc(F)cc1Cn1cc(NC(=O)c2noc3c2CC(C)CC3)cn1. The number of methoxy groups -OCH3 is 1. The highest BCUT2D eigenvalue weighted by molar-refractivity contribution is 6.03. The molecule has 3 aromatic rings. The van der Waals surface area contributed by atoms with Gasteiger partial charge >= 0.3 is 0 Å². The second-order valence-corrected chi connectivity index (χ2v) is 7.12. The molecule has 28 heavy (non-hydrogen) atoms. The molecule has 1 unspecified atom stereocenters. The Bertz CT molecular complexity index is 1010. The van der Waals surface area contributed by atoms with Crippen LogP contribution < -0.4 is 10.1 Å². The molecular weight excluding hydrogens is 363 g/mol. The van der Waals surface area contributed by atoms with Crippen molar-refractivity contribution in [1.29, 1.82) is 0 Å². The fraction of sp³-hybridized carbons (Fsp3) is 0.350. The van der Waals surface area contributed by atoms with Crippen molar-refractivity contribution in [2.45, 2.75) is 32.7 Å². The molecule has 7 nitrogen and oxygen atoms in total. The van der Waals surface area contributed by atoms with E-state index in [0.29, 0.717) is 35.2 Å². The first-order chi connectivity index (χ1) is 13.5. The molecule has 0 fully saturated rings. The maximum absolute atomic E-state index is 13.5. The number of hydrogen-bond acceptors (Lipinski definition) is 5. The first kappa shape index (κ1) is 18.2. The molecule has 1 N–H and O–H groups in total. The van der Waals surface area contributed by atoms with Gasteiger partial charge in [-0.05, 0) is 37.0 Å². The summed E-state index contributed by atoms with van der Waals surface area (Å²) in [6, 6.07) is 4.32. The molecule has 4 rings (SSSR count). The number of nitrogens with zero attached hydrogens (tertiary/aromatic N) is 3. The van der Waals surface area contributed by atoms with Crippen LogP contribution in [0.2, 0.25) is 0 Å². The summed E-state index contributed by atoms with van der Waals surface area (Å²) in [5, 5.41) is 11.0. The zero-order chi connectivity index (χ0) is 19.7. The molecule has 0 spiro atoms. The summed E-state index contributed by atoms with van der Waals surface area (Å²) in [6.45, 7) is 2.47. The average Bonchev–Trinajstić information content (AvgIpc) is 3.28. The van der Waals surface area contributed by atoms with E-state index in [-0.39, 0.29) is 11.7 Å². The van der Waals surface area contributed by atoms with Crippen LogP contribution in [0.3, 0.4) is 0 Å². The molecule has 1 aliphatic carbocycles. The van der Waals surface area contributed by atoms with Crippen LogP contribution in [0.5, 0.6) is 5.75 Å². The minimum Gasteiger partial charge on any atom is -0.496 e. The molecule has 8 heteroatoms. The highest BCUT2D eigenvalue weighted by Crippen LogP contribution is 2.28. The Kier molecular flexibility index (Phi) is 4.85. The van der Waals surface area contributed by atoms with Gasteiger partial charge < -0.3 is 14.6 Å². The molecule has 1 amide bonds. The number of aryl methyl sites for hydroxylation is 1. The number of nitrogens with one attached hydrogen (secondary N) is 1. The molecule has 1 aliphatic rings. The fourth-order valence-electron chi connectivity index (χ4n) is 3.51. The average molecular weight is 384 g/mol. The Morgan fingerprint density at radius 2 is 2.32 bits per heavy atom. The van der Waals surface area contributed by atoms with E-state index in [9.17, 15) is 9.18 Å². The van der Waals surface area contributed by atoms with Crippen LogP contribution in [0, 0.1) is 11.7 Å². The van der Waals surface area contributed by atoms with E-state index in [1.165, 1.54) is 19.2 Å². The van der Waals surface area contributed by atoms with E-state index in [1.54, 1.807) is 23.1 Å². The summed E-state index contributed by atoms with van der Waals surface area (Å²) in [7, 11) is 1.53. The predicted molar refractivity (Wildman–Crippen MR) is 99.9 cm³/mol. The molecule has 0 radical (unpaired) electrons. The molecule has 1 aromatic carbocycles. The van der Waals surface area contributed by atoms with Gasteiger partial charge in [0.25, 0.3) is 5.91 Å². The second-order valence-electron chi connectivity index (χ2n) is 7.12. The van der Waals surface area contributed by atoms with Crippen LogP contribution in [0.1, 0.15) is 40.7 Å². The number of halogens is 1. The second kappa shape index (κ2) is 7.46. The van der Waals surface area contributed by atoms with Crippen molar-refractivity contribution >= 4 is 11.6 Å². The third-order valence-electron chi connectivity index (χ3n) is 4.97. The summed E-state index contributed by atoms with van der Waals surface area (Å²) < 4.78 is 25.7. The maximum atomic E-state index is 13.5. The molecule has 0 aliphatic heterocycles. The molecule has 1 atom stereocenters. The van der Waals surface area contributed by atoms with Crippen LogP contribution in [0.4, 0.5) is 10.1 Å². The minimum atomic E-state index is -0.346. The topological polar surface area (TPSA) is 82.2 Å². The van der Waals surface area contributed by atoms with E-state index in [0.717, 1.165) is 30.6 Å². The van der Waals surface area contributed by atoms with Gasteiger partial charge in [0, 0.05) is 23.7 Å². The van der Waals surface area contributed by atoms with Crippen LogP contribution in [0.15, 0.2) is 35.1 Å². The number of carbonyl (C=O) groups is 1. The van der Waals surface area contributed by atoms with Crippen molar-refractivity contribution < 1.29 is 18.4 Å². The van der Waals surface area contributed by atoms with Gasteiger partial charge in [-0.25, -0.2) is 4.39 Å². The lowest BCUT2D eigenvalue weighted by Gasteiger charge is -2.16. The number of anilines is 1. The van der Waals surface area contributed by atoms with Crippen molar-refractivity contribution in [2.75, 3.05) is 12.4 Å². The van der Waals surface area contributed by atoms with Crippen LogP contribution in [0.25, 0.3) is 0 Å². The lowest BCUT2D eigenvalue weighted by Crippen LogP contribution is -2.17. The standard InChI is InChI=1S/C20H21FN4O3/c1-12-3-5-18-16(7-12)19(24-28-18)20(26)23-15-9-22-25(11-15)10-13-8-14(21)4-6-17(13)27-2/h4,6,8-9,11-12H,3,5,7,10H2,1-2H3,(H,23,26). The van der Waals surface area contributed by atoms with Gasteiger partial charge in [0.1, 0.15) is 17.3 Å². The summed E-state index contributed by atoms with van der Waals surface area (Å²) in [5.74, 6) is 1.22. The molecule has 0 bridgehead atoms. The van der Waals surface area contributed by atoms with Crippen molar-refractivity contribution in [3.8, 4) is 5.75 Å². The Hall–Kier alpha value is -3.16. The zero-order valence-electron chi connectivity index (χ0n) is 15.7. The normalized spacial score (nSPS) is 15.9. The fourth-order valence-corrected chi connectivity index (χ4v) is 3.51. The third-order valence-corrected chi connectivity index (χ3v) is 4.97. The highest BCUT2D eigenvalue weighted by atomic mass is 19.1. The third kappa shape index (κ3) is 3.62. The molecule has 2 aromatic heterocycles. The van der Waals surface area contributed by atoms with E-state index >= 15 is 0 Å².